The van der Waals surface area contributed by atoms with Gasteiger partial charge < -0.3 is 7.43 Å². The fourth-order valence-corrected chi connectivity index (χ4v) is 1.41. The van der Waals surface area contributed by atoms with Gasteiger partial charge in [0.2, 0.25) is 0 Å². The van der Waals surface area contributed by atoms with E-state index in [-0.39, 0.29) is 29.1 Å². The monoisotopic (exact) mass is 198 g/mol. The maximum Gasteiger partial charge on any atom is 2.00 e. The molecule has 0 aliphatic carbocycles. The number of rotatable bonds is 0. The van der Waals surface area contributed by atoms with Crippen LogP contribution in [0.5, 0.6) is 0 Å². The summed E-state index contributed by atoms with van der Waals surface area (Å²) in [6.07, 6.45) is 0. The molecule has 1 heteroatoms. The molecule has 0 nitrogen and oxygen atoms in total. The van der Waals surface area contributed by atoms with Crippen LogP contribution in [0.1, 0.15) is 27.8 Å². The molecule has 0 aromatic heterocycles. The van der Waals surface area contributed by atoms with E-state index in [9.17, 15) is 0 Å². The number of hydrogen-bond donors (Lipinski definition) is 0. The summed E-state index contributed by atoms with van der Waals surface area (Å²) in [5.74, 6) is 0. The fourth-order valence-electron chi connectivity index (χ4n) is 1.41. The van der Waals surface area contributed by atoms with E-state index in [4.69, 9.17) is 0 Å². The van der Waals surface area contributed by atoms with Gasteiger partial charge >= 0.3 is 21.7 Å². The molecule has 0 bridgehead atoms. The zero-order valence-electron chi connectivity index (χ0n) is 9.00. The molecule has 0 N–H and O–H groups in total. The molecule has 1 rings (SSSR count). The SMILES string of the molecule is Cc1c(C)c(C)[c-](C)c1C.[CH3-].[Ti+2]. The second-order valence-corrected chi connectivity index (χ2v) is 3.12. The Morgan fingerprint density at radius 1 is 0.833 bits per heavy atom. The van der Waals surface area contributed by atoms with Gasteiger partial charge in [-0.05, 0) is 0 Å². The van der Waals surface area contributed by atoms with Crippen molar-refractivity contribution < 1.29 is 21.7 Å². The topological polar surface area (TPSA) is 0 Å². The van der Waals surface area contributed by atoms with Crippen LogP contribution >= 0.6 is 0 Å². The van der Waals surface area contributed by atoms with Crippen LogP contribution in [0.4, 0.5) is 0 Å². The molecule has 0 fully saturated rings. The summed E-state index contributed by atoms with van der Waals surface area (Å²) in [6.45, 7) is 11.0. The predicted molar refractivity (Wildman–Crippen MR) is 52.1 cm³/mol. The van der Waals surface area contributed by atoms with Crippen LogP contribution in [0.2, 0.25) is 0 Å². The van der Waals surface area contributed by atoms with Crippen molar-refractivity contribution in [2.45, 2.75) is 34.6 Å². The van der Waals surface area contributed by atoms with Crippen molar-refractivity contribution in [3.8, 4) is 0 Å². The van der Waals surface area contributed by atoms with Crippen molar-refractivity contribution in [3.63, 3.8) is 0 Å². The van der Waals surface area contributed by atoms with Crippen LogP contribution < -0.4 is 0 Å². The van der Waals surface area contributed by atoms with Gasteiger partial charge in [0.05, 0.1) is 0 Å². The first-order valence-electron chi connectivity index (χ1n) is 3.75. The van der Waals surface area contributed by atoms with Crippen molar-refractivity contribution >= 4 is 0 Å². The van der Waals surface area contributed by atoms with Gasteiger partial charge in [-0.3, -0.25) is 0 Å². The van der Waals surface area contributed by atoms with Gasteiger partial charge in [-0.15, -0.1) is 0 Å². The molecule has 0 aliphatic rings. The summed E-state index contributed by atoms with van der Waals surface area (Å²) in [7, 11) is 0. The van der Waals surface area contributed by atoms with Gasteiger partial charge in [0.1, 0.15) is 0 Å². The van der Waals surface area contributed by atoms with Crippen LogP contribution in [0.15, 0.2) is 0 Å². The summed E-state index contributed by atoms with van der Waals surface area (Å²) >= 11 is 0. The Morgan fingerprint density at radius 3 is 1.17 bits per heavy atom. The van der Waals surface area contributed by atoms with Gasteiger partial charge in [0.25, 0.3) is 0 Å². The molecular formula is C11H18Ti. The molecule has 0 unspecified atom stereocenters. The van der Waals surface area contributed by atoms with Crippen LogP contribution in [-0.2, 0) is 21.7 Å². The van der Waals surface area contributed by atoms with Crippen molar-refractivity contribution in [1.29, 1.82) is 0 Å². The van der Waals surface area contributed by atoms with Gasteiger partial charge in [-0.1, -0.05) is 34.6 Å². The first-order valence-corrected chi connectivity index (χ1v) is 3.75. The van der Waals surface area contributed by atoms with Gasteiger partial charge in [-0.25, -0.2) is 0 Å². The number of hydrogen-bond acceptors (Lipinski definition) is 0. The second kappa shape index (κ2) is 4.94. The minimum atomic E-state index is 0. The molecule has 0 saturated heterocycles. The maximum absolute atomic E-state index is 2.20. The van der Waals surface area contributed by atoms with Crippen LogP contribution in [0, 0.1) is 42.0 Å². The zero-order chi connectivity index (χ0) is 7.89. The normalized spacial score (nSPS) is 8.75. The third-order valence-corrected chi connectivity index (χ3v) is 2.81. The van der Waals surface area contributed by atoms with E-state index in [1.807, 2.05) is 0 Å². The summed E-state index contributed by atoms with van der Waals surface area (Å²) in [5, 5.41) is 0. The maximum atomic E-state index is 2.20. The van der Waals surface area contributed by atoms with Gasteiger partial charge in [0, 0.05) is 0 Å². The second-order valence-electron chi connectivity index (χ2n) is 3.12. The Hall–Kier alpha value is 0.0643. The molecule has 0 heterocycles. The van der Waals surface area contributed by atoms with Crippen molar-refractivity contribution in [1.82, 2.24) is 0 Å². The smallest absolute Gasteiger partial charge is 0.358 e. The summed E-state index contributed by atoms with van der Waals surface area (Å²) in [4.78, 5) is 0. The fraction of sp³-hybridized carbons (Fsp3) is 0.455. The Kier molecular flexibility index (Phi) is 6.00. The molecule has 12 heavy (non-hydrogen) atoms. The van der Waals surface area contributed by atoms with Crippen LogP contribution in [0.25, 0.3) is 0 Å². The molecule has 0 aliphatic heterocycles. The average molecular weight is 198 g/mol. The minimum absolute atomic E-state index is 0. The predicted octanol–water partition coefficient (Wildman–Crippen LogP) is 3.40. The van der Waals surface area contributed by atoms with E-state index in [1.54, 1.807) is 0 Å². The summed E-state index contributed by atoms with van der Waals surface area (Å²) < 4.78 is 0. The first-order chi connectivity index (χ1) is 4.55. The van der Waals surface area contributed by atoms with E-state index in [0.717, 1.165) is 0 Å². The molecule has 0 atom stereocenters. The quantitative estimate of drug-likeness (QED) is 0.442. The molecule has 1 aromatic rings. The molecule has 0 radical (unpaired) electrons. The molecule has 66 valence electrons. The molecule has 0 saturated carbocycles. The molecule has 1 aromatic carbocycles. The minimum Gasteiger partial charge on any atom is -0.358 e. The summed E-state index contributed by atoms with van der Waals surface area (Å²) in [6, 6.07) is 0. The van der Waals surface area contributed by atoms with Crippen LogP contribution in [-0.4, -0.2) is 0 Å². The molecular weight excluding hydrogens is 180 g/mol. The Morgan fingerprint density at radius 2 is 1.08 bits per heavy atom. The third kappa shape index (κ3) is 2.05. The molecule has 0 spiro atoms. The van der Waals surface area contributed by atoms with Crippen molar-refractivity contribution in [3.05, 3.63) is 35.2 Å². The third-order valence-electron chi connectivity index (χ3n) is 2.81. The Labute approximate surface area is 91.6 Å². The first kappa shape index (κ1) is 14.6. The Balaban J connectivity index is 0. The van der Waals surface area contributed by atoms with Gasteiger partial charge in [-0.2, -0.15) is 27.8 Å². The van der Waals surface area contributed by atoms with Crippen LogP contribution in [0.3, 0.4) is 0 Å². The van der Waals surface area contributed by atoms with E-state index >= 15 is 0 Å². The van der Waals surface area contributed by atoms with E-state index < -0.39 is 0 Å². The summed E-state index contributed by atoms with van der Waals surface area (Å²) in [5.41, 5.74) is 7.34. The van der Waals surface area contributed by atoms with Crippen molar-refractivity contribution in [2.24, 2.45) is 0 Å². The molecule has 0 amide bonds. The Bertz CT molecular complexity index is 176. The largest absolute Gasteiger partial charge is 2.00 e. The average Bonchev–Trinajstić information content (AvgIpc) is 2.07. The van der Waals surface area contributed by atoms with Gasteiger partial charge in [0.15, 0.2) is 0 Å². The zero-order valence-corrected chi connectivity index (χ0v) is 10.6. The van der Waals surface area contributed by atoms with E-state index in [0.29, 0.717) is 0 Å². The van der Waals surface area contributed by atoms with E-state index in [2.05, 4.69) is 34.6 Å². The van der Waals surface area contributed by atoms with Crippen molar-refractivity contribution in [2.75, 3.05) is 0 Å². The standard InChI is InChI=1S/C10H15.CH3.Ti/c1-6-7(2)9(4)10(5)8(6)3;;/h1-5H3;1H3;/q2*-1;+2. The van der Waals surface area contributed by atoms with E-state index in [1.165, 1.54) is 27.8 Å².